The van der Waals surface area contributed by atoms with Gasteiger partial charge in [0.1, 0.15) is 5.00 Å². The predicted molar refractivity (Wildman–Crippen MR) is 164 cm³/mol. The van der Waals surface area contributed by atoms with Crippen LogP contribution in [0.1, 0.15) is 66.9 Å². The number of nitrogens with one attached hydrogen (secondary N) is 2. The van der Waals surface area contributed by atoms with Crippen LogP contribution in [-0.2, 0) is 33.6 Å². The molecule has 2 N–H and O–H groups in total. The van der Waals surface area contributed by atoms with Gasteiger partial charge in [0.05, 0.1) is 24.3 Å². The third kappa shape index (κ3) is 7.34. The molecule has 0 fully saturated rings. The molecule has 0 radical (unpaired) electrons. The number of hydrogen-bond acceptors (Lipinski definition) is 6. The lowest BCUT2D eigenvalue weighted by molar-refractivity contribution is -0.116. The molecule has 40 heavy (non-hydrogen) atoms. The molecule has 0 spiro atoms. The maximum Gasteiger partial charge on any atom is 0.341 e. The molecule has 1 aliphatic carbocycles. The van der Waals surface area contributed by atoms with Gasteiger partial charge in [-0.3, -0.25) is 9.59 Å². The van der Waals surface area contributed by atoms with Crippen LogP contribution in [0.2, 0.25) is 0 Å². The zero-order valence-electron chi connectivity index (χ0n) is 23.8. The maximum absolute atomic E-state index is 13.5. The van der Waals surface area contributed by atoms with Gasteiger partial charge >= 0.3 is 5.97 Å². The number of carbonyl (C=O) groups is 3. The van der Waals surface area contributed by atoms with E-state index < -0.39 is 5.97 Å². The molecule has 0 saturated heterocycles. The van der Waals surface area contributed by atoms with Gasteiger partial charge in [0.25, 0.3) is 0 Å². The topological polar surface area (TPSA) is 84.5 Å². The highest BCUT2D eigenvalue weighted by Crippen LogP contribution is 2.44. The zero-order valence-corrected chi connectivity index (χ0v) is 25.5. The fourth-order valence-electron chi connectivity index (χ4n) is 5.04. The molecule has 212 valence electrons. The number of amides is 2. The number of esters is 1. The van der Waals surface area contributed by atoms with E-state index in [9.17, 15) is 14.4 Å². The third-order valence-electron chi connectivity index (χ3n) is 7.38. The van der Waals surface area contributed by atoms with Crippen molar-refractivity contribution in [2.24, 2.45) is 11.3 Å². The molecule has 8 heteroatoms. The van der Waals surface area contributed by atoms with E-state index in [1.54, 1.807) is 0 Å². The summed E-state index contributed by atoms with van der Waals surface area (Å²) >= 11 is 2.95. The second kappa shape index (κ2) is 13.0. The molecule has 1 aliphatic rings. The first kappa shape index (κ1) is 29.9. The number of rotatable bonds is 9. The number of fused-ring (bicyclic) bond motifs is 1. The van der Waals surface area contributed by atoms with Crippen molar-refractivity contribution in [3.05, 3.63) is 76.2 Å². The lowest BCUT2D eigenvalue weighted by Gasteiger charge is -2.33. The van der Waals surface area contributed by atoms with Gasteiger partial charge in [-0.25, -0.2) is 4.79 Å². The van der Waals surface area contributed by atoms with Gasteiger partial charge in [-0.2, -0.15) is 0 Å². The molecule has 0 aliphatic heterocycles. The molecule has 3 aromatic rings. The van der Waals surface area contributed by atoms with Crippen LogP contribution in [0.4, 0.5) is 10.7 Å². The SMILES string of the molecule is CCC(Sc1cccc(NC(=O)Cc2ccccc2)c1)C(=O)Nc1sc2c(c1C(=O)OC)CCC(C(C)(C)C)C2. The number of thioether (sulfide) groups is 1. The van der Waals surface area contributed by atoms with Gasteiger partial charge in [0.2, 0.25) is 11.8 Å². The summed E-state index contributed by atoms with van der Waals surface area (Å²) in [6.07, 6.45) is 3.62. The van der Waals surface area contributed by atoms with Crippen LogP contribution in [0, 0.1) is 11.3 Å². The van der Waals surface area contributed by atoms with Crippen molar-refractivity contribution in [3.63, 3.8) is 0 Å². The number of ether oxygens (including phenoxy) is 1. The van der Waals surface area contributed by atoms with Gasteiger partial charge < -0.3 is 15.4 Å². The fourth-order valence-corrected chi connectivity index (χ4v) is 7.38. The second-order valence-corrected chi connectivity index (χ2v) is 13.6. The Kier molecular flexibility index (Phi) is 9.74. The van der Waals surface area contributed by atoms with E-state index >= 15 is 0 Å². The van der Waals surface area contributed by atoms with Crippen molar-refractivity contribution in [1.29, 1.82) is 0 Å². The summed E-state index contributed by atoms with van der Waals surface area (Å²) < 4.78 is 5.12. The largest absolute Gasteiger partial charge is 0.465 e. The Morgan fingerprint density at radius 2 is 1.82 bits per heavy atom. The summed E-state index contributed by atoms with van der Waals surface area (Å²) in [4.78, 5) is 40.8. The molecule has 2 amide bonds. The number of benzene rings is 2. The summed E-state index contributed by atoms with van der Waals surface area (Å²) in [6, 6.07) is 17.1. The lowest BCUT2D eigenvalue weighted by atomic mass is 9.72. The smallest absolute Gasteiger partial charge is 0.341 e. The quantitative estimate of drug-likeness (QED) is 0.204. The Hall–Kier alpha value is -3.10. The average Bonchev–Trinajstić information content (AvgIpc) is 3.28. The summed E-state index contributed by atoms with van der Waals surface area (Å²) in [6.45, 7) is 8.74. The summed E-state index contributed by atoms with van der Waals surface area (Å²) in [5, 5.41) is 6.23. The van der Waals surface area contributed by atoms with Crippen molar-refractivity contribution in [2.75, 3.05) is 17.7 Å². The number of thiophene rings is 1. The first-order valence-electron chi connectivity index (χ1n) is 13.7. The van der Waals surface area contributed by atoms with E-state index in [4.69, 9.17) is 4.74 Å². The minimum Gasteiger partial charge on any atom is -0.465 e. The Labute approximate surface area is 245 Å². The number of anilines is 2. The van der Waals surface area contributed by atoms with Crippen LogP contribution >= 0.6 is 23.1 Å². The minimum absolute atomic E-state index is 0.0937. The second-order valence-electron chi connectivity index (χ2n) is 11.2. The predicted octanol–water partition coefficient (Wildman–Crippen LogP) is 7.38. The molecule has 6 nitrogen and oxygen atoms in total. The molecule has 2 unspecified atom stereocenters. The standard InChI is InChI=1S/C32H38N2O4S2/c1-6-25(39-23-14-10-13-22(19-23)33-27(35)17-20-11-8-7-9-12-20)29(36)34-30-28(31(37)38-5)24-16-15-21(32(2,3)4)18-26(24)40-30/h7-14,19,21,25H,6,15-18H2,1-5H3,(H,33,35)(H,34,36). The fraction of sp³-hybridized carbons (Fsp3) is 0.406. The van der Waals surface area contributed by atoms with Crippen molar-refractivity contribution < 1.29 is 19.1 Å². The van der Waals surface area contributed by atoms with Crippen LogP contribution in [0.25, 0.3) is 0 Å². The summed E-state index contributed by atoms with van der Waals surface area (Å²) in [5.41, 5.74) is 3.34. The highest BCUT2D eigenvalue weighted by atomic mass is 32.2. The molecule has 0 bridgehead atoms. The monoisotopic (exact) mass is 578 g/mol. The van der Waals surface area contributed by atoms with Crippen molar-refractivity contribution in [2.45, 2.75) is 69.9 Å². The van der Waals surface area contributed by atoms with Crippen LogP contribution in [-0.4, -0.2) is 30.1 Å². The van der Waals surface area contributed by atoms with Crippen LogP contribution in [0.5, 0.6) is 0 Å². The Balaban J connectivity index is 1.46. The molecule has 2 aromatic carbocycles. The Bertz CT molecular complexity index is 1360. The first-order valence-corrected chi connectivity index (χ1v) is 15.4. The molecule has 1 heterocycles. The molecular weight excluding hydrogens is 540 g/mol. The molecule has 4 rings (SSSR count). The number of hydrogen-bond donors (Lipinski definition) is 2. The summed E-state index contributed by atoms with van der Waals surface area (Å²) in [7, 11) is 1.38. The van der Waals surface area contributed by atoms with Gasteiger partial charge in [-0.05, 0) is 66.3 Å². The zero-order chi connectivity index (χ0) is 28.9. The maximum atomic E-state index is 13.5. The van der Waals surface area contributed by atoms with Gasteiger partial charge in [0, 0.05) is 15.5 Å². The van der Waals surface area contributed by atoms with Gasteiger partial charge in [0.15, 0.2) is 0 Å². The molecule has 2 atom stereocenters. The molecule has 0 saturated carbocycles. The van der Waals surface area contributed by atoms with E-state index in [1.165, 1.54) is 35.1 Å². The van der Waals surface area contributed by atoms with Crippen LogP contribution in [0.3, 0.4) is 0 Å². The number of carbonyl (C=O) groups excluding carboxylic acids is 3. The van der Waals surface area contributed by atoms with Crippen LogP contribution in [0.15, 0.2) is 59.5 Å². The summed E-state index contributed by atoms with van der Waals surface area (Å²) in [5.74, 6) is -0.125. The first-order chi connectivity index (χ1) is 19.1. The van der Waals surface area contributed by atoms with Gasteiger partial charge in [-0.1, -0.05) is 64.1 Å². The normalized spacial score (nSPS) is 15.6. The Morgan fingerprint density at radius 1 is 1.07 bits per heavy atom. The van der Waals surface area contributed by atoms with E-state index in [1.807, 2.05) is 61.5 Å². The lowest BCUT2D eigenvalue weighted by Crippen LogP contribution is -2.27. The van der Waals surface area contributed by atoms with Crippen molar-refractivity contribution in [1.82, 2.24) is 0 Å². The highest BCUT2D eigenvalue weighted by Gasteiger charge is 2.35. The highest BCUT2D eigenvalue weighted by molar-refractivity contribution is 8.00. The van der Waals surface area contributed by atoms with E-state index in [2.05, 4.69) is 31.4 Å². The van der Waals surface area contributed by atoms with Crippen molar-refractivity contribution >= 4 is 51.6 Å². The van der Waals surface area contributed by atoms with Crippen LogP contribution < -0.4 is 10.6 Å². The molecular formula is C32H38N2O4S2. The minimum atomic E-state index is -0.401. The number of methoxy groups -OCH3 is 1. The average molecular weight is 579 g/mol. The van der Waals surface area contributed by atoms with E-state index in [0.29, 0.717) is 35.0 Å². The third-order valence-corrected chi connectivity index (χ3v) is 9.91. The van der Waals surface area contributed by atoms with Crippen molar-refractivity contribution in [3.8, 4) is 0 Å². The Morgan fingerprint density at radius 3 is 2.50 bits per heavy atom. The molecule has 1 aromatic heterocycles. The van der Waals surface area contributed by atoms with Gasteiger partial charge in [-0.15, -0.1) is 23.1 Å². The van der Waals surface area contributed by atoms with E-state index in [-0.39, 0.29) is 22.5 Å². The van der Waals surface area contributed by atoms with E-state index in [0.717, 1.165) is 35.3 Å².